The highest BCUT2D eigenvalue weighted by atomic mass is 16.5. The first-order valence-electron chi connectivity index (χ1n) is 8.52. The topological polar surface area (TPSA) is 61.9 Å². The van der Waals surface area contributed by atoms with Crippen molar-refractivity contribution in [3.05, 3.63) is 0 Å². The molecule has 22 heavy (non-hydrogen) atoms. The lowest BCUT2D eigenvalue weighted by molar-refractivity contribution is -0.133. The van der Waals surface area contributed by atoms with E-state index in [9.17, 15) is 9.59 Å². The molecule has 0 aromatic rings. The predicted molar refractivity (Wildman–Crippen MR) is 82.5 cm³/mol. The monoisotopic (exact) mass is 309 g/mol. The summed E-state index contributed by atoms with van der Waals surface area (Å²) < 4.78 is 5.73. The van der Waals surface area contributed by atoms with Crippen molar-refractivity contribution in [2.75, 3.05) is 32.8 Å². The Morgan fingerprint density at radius 1 is 1.32 bits per heavy atom. The molecule has 3 aliphatic rings. The second kappa shape index (κ2) is 6.16. The van der Waals surface area contributed by atoms with Gasteiger partial charge in [0.2, 0.25) is 0 Å². The van der Waals surface area contributed by atoms with E-state index in [1.165, 1.54) is 4.90 Å². The van der Waals surface area contributed by atoms with Gasteiger partial charge in [0.15, 0.2) is 0 Å². The standard InChI is InChI=1S/C16H27N3O3/c1-3-19-14(20)16(2,17-15(19)21)12-6-4-8-18(10-12)11-13-7-5-9-22-13/h12-13H,3-11H2,1-2H3,(H,17,21)/t12-,13-,16+/m0/s1. The molecule has 3 rings (SSSR count). The summed E-state index contributed by atoms with van der Waals surface area (Å²) in [5, 5.41) is 2.94. The average Bonchev–Trinajstić information content (AvgIpc) is 3.07. The van der Waals surface area contributed by atoms with Crippen LogP contribution >= 0.6 is 0 Å². The number of ether oxygens (including phenoxy) is 1. The van der Waals surface area contributed by atoms with Crippen molar-refractivity contribution in [2.24, 2.45) is 5.92 Å². The minimum absolute atomic E-state index is 0.0658. The summed E-state index contributed by atoms with van der Waals surface area (Å²) >= 11 is 0. The smallest absolute Gasteiger partial charge is 0.325 e. The first-order valence-corrected chi connectivity index (χ1v) is 8.52. The third kappa shape index (κ3) is 2.74. The first-order chi connectivity index (χ1) is 10.5. The number of piperidine rings is 1. The molecule has 1 N–H and O–H groups in total. The van der Waals surface area contributed by atoms with Crippen molar-refractivity contribution in [1.82, 2.24) is 15.1 Å². The van der Waals surface area contributed by atoms with Crippen LogP contribution in [0.3, 0.4) is 0 Å². The number of nitrogens with zero attached hydrogens (tertiary/aromatic N) is 2. The van der Waals surface area contributed by atoms with Crippen molar-refractivity contribution >= 4 is 11.9 Å². The van der Waals surface area contributed by atoms with Gasteiger partial charge in [0.05, 0.1) is 6.10 Å². The molecule has 0 aromatic carbocycles. The molecule has 6 nitrogen and oxygen atoms in total. The van der Waals surface area contributed by atoms with Crippen LogP contribution in [0.5, 0.6) is 0 Å². The molecule has 3 aliphatic heterocycles. The van der Waals surface area contributed by atoms with E-state index in [2.05, 4.69) is 10.2 Å². The molecule has 0 bridgehead atoms. The number of urea groups is 1. The lowest BCUT2D eigenvalue weighted by Gasteiger charge is -2.40. The predicted octanol–water partition coefficient (Wildman–Crippen LogP) is 1.21. The van der Waals surface area contributed by atoms with E-state index in [1.807, 2.05) is 13.8 Å². The number of hydrogen-bond donors (Lipinski definition) is 1. The average molecular weight is 309 g/mol. The maximum Gasteiger partial charge on any atom is 0.325 e. The maximum atomic E-state index is 12.6. The zero-order valence-electron chi connectivity index (χ0n) is 13.6. The summed E-state index contributed by atoms with van der Waals surface area (Å²) in [5.41, 5.74) is -0.748. The fourth-order valence-electron chi connectivity index (χ4n) is 4.05. The molecule has 3 atom stereocenters. The Labute approximate surface area is 132 Å². The number of carbonyl (C=O) groups is 2. The van der Waals surface area contributed by atoms with E-state index < -0.39 is 5.54 Å². The summed E-state index contributed by atoms with van der Waals surface area (Å²) in [4.78, 5) is 28.4. The van der Waals surface area contributed by atoms with Gasteiger partial charge in [-0.2, -0.15) is 0 Å². The number of imide groups is 1. The molecule has 124 valence electrons. The summed E-state index contributed by atoms with van der Waals surface area (Å²) in [7, 11) is 0. The van der Waals surface area contributed by atoms with Crippen molar-refractivity contribution in [3.8, 4) is 0 Å². The third-order valence-corrected chi connectivity index (χ3v) is 5.43. The molecule has 3 heterocycles. The normalized spacial score (nSPS) is 36.9. The molecule has 0 aliphatic carbocycles. The third-order valence-electron chi connectivity index (χ3n) is 5.43. The van der Waals surface area contributed by atoms with Crippen molar-refractivity contribution in [2.45, 2.75) is 51.2 Å². The van der Waals surface area contributed by atoms with Gasteiger partial charge in [-0.05, 0) is 46.1 Å². The number of nitrogens with one attached hydrogen (secondary N) is 1. The summed E-state index contributed by atoms with van der Waals surface area (Å²) in [6.45, 7) is 7.92. The van der Waals surface area contributed by atoms with E-state index in [-0.39, 0.29) is 17.9 Å². The van der Waals surface area contributed by atoms with Crippen LogP contribution in [0.2, 0.25) is 0 Å². The molecular formula is C16H27N3O3. The number of likely N-dealkylation sites (tertiary alicyclic amines) is 1. The number of hydrogen-bond acceptors (Lipinski definition) is 4. The fourth-order valence-corrected chi connectivity index (χ4v) is 4.05. The molecule has 0 aromatic heterocycles. The van der Waals surface area contributed by atoms with E-state index in [4.69, 9.17) is 4.74 Å². The van der Waals surface area contributed by atoms with Crippen LogP contribution in [0, 0.1) is 5.92 Å². The number of rotatable bonds is 4. The Kier molecular flexibility index (Phi) is 4.41. The number of amides is 3. The molecule has 0 saturated carbocycles. The summed E-state index contributed by atoms with van der Waals surface area (Å²) in [6, 6.07) is -0.244. The highest BCUT2D eigenvalue weighted by Gasteiger charge is 2.52. The molecule has 3 fully saturated rings. The van der Waals surface area contributed by atoms with Gasteiger partial charge < -0.3 is 15.0 Å². The van der Waals surface area contributed by atoms with Crippen LogP contribution in [0.25, 0.3) is 0 Å². The van der Waals surface area contributed by atoms with Crippen molar-refractivity contribution in [3.63, 3.8) is 0 Å². The van der Waals surface area contributed by atoms with E-state index in [0.717, 1.165) is 51.9 Å². The lowest BCUT2D eigenvalue weighted by Crippen LogP contribution is -2.56. The highest BCUT2D eigenvalue weighted by molar-refractivity contribution is 6.07. The van der Waals surface area contributed by atoms with E-state index in [0.29, 0.717) is 12.6 Å². The SMILES string of the molecule is CCN1C(=O)N[C@](C)([C@H]2CCCN(C[C@@H]3CCCO3)C2)C1=O. The van der Waals surface area contributed by atoms with Gasteiger partial charge in [0, 0.05) is 32.2 Å². The second-order valence-corrected chi connectivity index (χ2v) is 6.92. The van der Waals surface area contributed by atoms with E-state index >= 15 is 0 Å². The van der Waals surface area contributed by atoms with Gasteiger partial charge in [-0.25, -0.2) is 4.79 Å². The van der Waals surface area contributed by atoms with Gasteiger partial charge in [0.1, 0.15) is 5.54 Å². The second-order valence-electron chi connectivity index (χ2n) is 6.92. The first kappa shape index (κ1) is 15.7. The van der Waals surface area contributed by atoms with Crippen LogP contribution in [0.15, 0.2) is 0 Å². The van der Waals surface area contributed by atoms with Gasteiger partial charge in [-0.15, -0.1) is 0 Å². The largest absolute Gasteiger partial charge is 0.377 e. The Hall–Kier alpha value is -1.14. The Bertz CT molecular complexity index is 450. The molecule has 0 spiro atoms. The number of likely N-dealkylation sites (N-methyl/N-ethyl adjacent to an activating group) is 1. The highest BCUT2D eigenvalue weighted by Crippen LogP contribution is 2.32. The van der Waals surface area contributed by atoms with Crippen LogP contribution in [0.4, 0.5) is 4.79 Å². The molecule has 0 unspecified atom stereocenters. The maximum absolute atomic E-state index is 12.6. The number of carbonyl (C=O) groups excluding carboxylic acids is 2. The van der Waals surface area contributed by atoms with Crippen LogP contribution in [-0.4, -0.2) is 66.2 Å². The minimum atomic E-state index is -0.748. The Morgan fingerprint density at radius 2 is 2.14 bits per heavy atom. The molecule has 6 heteroatoms. The van der Waals surface area contributed by atoms with Crippen LogP contribution < -0.4 is 5.32 Å². The Morgan fingerprint density at radius 3 is 2.77 bits per heavy atom. The van der Waals surface area contributed by atoms with Crippen molar-refractivity contribution in [1.29, 1.82) is 0 Å². The molecular weight excluding hydrogens is 282 g/mol. The summed E-state index contributed by atoms with van der Waals surface area (Å²) in [6.07, 6.45) is 4.69. The summed E-state index contributed by atoms with van der Waals surface area (Å²) in [5.74, 6) is 0.111. The lowest BCUT2D eigenvalue weighted by atomic mass is 9.80. The van der Waals surface area contributed by atoms with E-state index in [1.54, 1.807) is 0 Å². The van der Waals surface area contributed by atoms with Gasteiger partial charge in [0.25, 0.3) is 5.91 Å². The van der Waals surface area contributed by atoms with Gasteiger partial charge >= 0.3 is 6.03 Å². The molecule has 3 amide bonds. The zero-order chi connectivity index (χ0) is 15.7. The van der Waals surface area contributed by atoms with Gasteiger partial charge in [-0.3, -0.25) is 9.69 Å². The van der Waals surface area contributed by atoms with Crippen LogP contribution in [0.1, 0.15) is 39.5 Å². The van der Waals surface area contributed by atoms with Crippen molar-refractivity contribution < 1.29 is 14.3 Å². The zero-order valence-corrected chi connectivity index (χ0v) is 13.6. The van der Waals surface area contributed by atoms with Crippen LogP contribution in [-0.2, 0) is 9.53 Å². The Balaban J connectivity index is 1.66. The fraction of sp³-hybridized carbons (Fsp3) is 0.875. The molecule has 3 saturated heterocycles. The molecule has 0 radical (unpaired) electrons. The quantitative estimate of drug-likeness (QED) is 0.793. The van der Waals surface area contributed by atoms with Gasteiger partial charge in [-0.1, -0.05) is 0 Å². The minimum Gasteiger partial charge on any atom is -0.377 e.